The number of fused-ring (bicyclic) bond motifs is 5. The highest BCUT2D eigenvalue weighted by atomic mass is 32.1. The van der Waals surface area contributed by atoms with E-state index in [1.54, 1.807) is 22.1 Å². The minimum Gasteiger partial charge on any atom is -0.492 e. The van der Waals surface area contributed by atoms with E-state index in [2.05, 4.69) is 15.3 Å². The van der Waals surface area contributed by atoms with Crippen LogP contribution in [0, 0.1) is 12.8 Å². The van der Waals surface area contributed by atoms with Crippen molar-refractivity contribution in [3.05, 3.63) is 88.0 Å². The highest BCUT2D eigenvalue weighted by molar-refractivity contribution is 7.09. The van der Waals surface area contributed by atoms with E-state index in [4.69, 9.17) is 4.74 Å². The zero-order chi connectivity index (χ0) is 29.1. The van der Waals surface area contributed by atoms with Crippen LogP contribution in [0.1, 0.15) is 39.0 Å². The van der Waals surface area contributed by atoms with Gasteiger partial charge in [-0.3, -0.25) is 19.4 Å². The van der Waals surface area contributed by atoms with Gasteiger partial charge in [0.1, 0.15) is 12.4 Å². The summed E-state index contributed by atoms with van der Waals surface area (Å²) in [5, 5.41) is 6.84. The molecule has 0 radical (unpaired) electrons. The van der Waals surface area contributed by atoms with Crippen LogP contribution in [0.5, 0.6) is 5.75 Å². The molecule has 216 valence electrons. The molecule has 4 aromatic rings. The third-order valence-corrected chi connectivity index (χ3v) is 8.79. The Morgan fingerprint density at radius 3 is 2.79 bits per heavy atom. The second-order valence-corrected chi connectivity index (χ2v) is 11.9. The van der Waals surface area contributed by atoms with Crippen molar-refractivity contribution in [2.45, 2.75) is 25.7 Å². The van der Waals surface area contributed by atoms with Gasteiger partial charge in [0, 0.05) is 54.6 Å². The first-order chi connectivity index (χ1) is 20.4. The van der Waals surface area contributed by atoms with Crippen LogP contribution < -0.4 is 10.1 Å². The molecule has 10 heteroatoms. The Morgan fingerprint density at radius 2 is 1.93 bits per heavy atom. The first-order valence-corrected chi connectivity index (χ1v) is 15.2. The van der Waals surface area contributed by atoms with Crippen LogP contribution >= 0.6 is 11.3 Å². The fourth-order valence-electron chi connectivity index (χ4n) is 5.80. The van der Waals surface area contributed by atoms with Gasteiger partial charge in [-0.25, -0.2) is 4.98 Å². The molecular weight excluding hydrogens is 550 g/mol. The predicted octanol–water partition coefficient (Wildman–Crippen LogP) is 3.83. The Balaban J connectivity index is 1.19. The number of carbonyl (C=O) groups is 3. The van der Waals surface area contributed by atoms with Gasteiger partial charge in [0.25, 0.3) is 5.91 Å². The number of thiazole rings is 1. The lowest BCUT2D eigenvalue weighted by atomic mass is 9.88. The number of likely N-dealkylation sites (tertiary alicyclic amines) is 1. The van der Waals surface area contributed by atoms with E-state index in [1.807, 2.05) is 60.8 Å². The van der Waals surface area contributed by atoms with Crippen molar-refractivity contribution in [1.29, 1.82) is 0 Å². The zero-order valence-electron chi connectivity index (χ0n) is 23.5. The topological polar surface area (TPSA) is 105 Å². The van der Waals surface area contributed by atoms with Crippen LogP contribution in [-0.4, -0.2) is 76.8 Å². The van der Waals surface area contributed by atoms with Gasteiger partial charge in [0.15, 0.2) is 0 Å². The molecular formula is C32H33N5O4S. The number of nitrogens with zero attached hydrogens (tertiary/aromatic N) is 4. The Kier molecular flexibility index (Phi) is 8.14. The number of benzene rings is 2. The molecule has 2 aliphatic rings. The van der Waals surface area contributed by atoms with E-state index in [0.29, 0.717) is 57.1 Å². The lowest BCUT2D eigenvalue weighted by Crippen LogP contribution is -2.40. The molecule has 1 N–H and O–H groups in total. The van der Waals surface area contributed by atoms with Crippen molar-refractivity contribution in [3.63, 3.8) is 0 Å². The molecule has 3 amide bonds. The van der Waals surface area contributed by atoms with Gasteiger partial charge < -0.3 is 19.9 Å². The summed E-state index contributed by atoms with van der Waals surface area (Å²) in [6, 6.07) is 17.1. The van der Waals surface area contributed by atoms with E-state index in [-0.39, 0.29) is 30.1 Å². The number of carbonyl (C=O) groups excluding carboxylic acids is 3. The molecule has 2 aromatic heterocycles. The standard InChI is InChI=1S/C32H33N5O4S/c1-21-35-25(20-42-21)17-30(38)36-12-4-11-34-31(39)28-19-37(18-27(28)22-5-2-7-26(16-22)41-14-13-36)32(40)24-8-9-29-23(15-24)6-3-10-33-29/h2-3,5-10,15-16,20,27-28H,4,11-14,17-19H2,1H3,(H,34,39)/t27-,28+/m1/s1. The summed E-state index contributed by atoms with van der Waals surface area (Å²) in [5.74, 6) is -0.0845. The van der Waals surface area contributed by atoms with Crippen LogP contribution in [-0.2, 0) is 16.0 Å². The molecule has 0 saturated carbocycles. The monoisotopic (exact) mass is 583 g/mol. The third-order valence-electron chi connectivity index (χ3n) is 7.97. The van der Waals surface area contributed by atoms with Gasteiger partial charge in [-0.1, -0.05) is 18.2 Å². The smallest absolute Gasteiger partial charge is 0.253 e. The molecule has 9 nitrogen and oxygen atoms in total. The number of pyridine rings is 1. The number of nitrogens with one attached hydrogen (secondary N) is 1. The van der Waals surface area contributed by atoms with E-state index < -0.39 is 5.92 Å². The zero-order valence-corrected chi connectivity index (χ0v) is 24.3. The SMILES string of the molecule is Cc1nc(CC(=O)N2CCCNC(=O)[C@H]3CN(C(=O)c4ccc5ncccc5c4)C[C@@H]3c3cccc(c3)OCC2)cs1. The summed E-state index contributed by atoms with van der Waals surface area (Å²) < 4.78 is 6.09. The summed E-state index contributed by atoms with van der Waals surface area (Å²) in [7, 11) is 0. The van der Waals surface area contributed by atoms with Crippen molar-refractivity contribution >= 4 is 40.0 Å². The van der Waals surface area contributed by atoms with Gasteiger partial charge in [0.05, 0.1) is 35.1 Å². The first-order valence-electron chi connectivity index (χ1n) is 14.3. The summed E-state index contributed by atoms with van der Waals surface area (Å²) in [6.07, 6.45) is 2.59. The van der Waals surface area contributed by atoms with Crippen LogP contribution in [0.4, 0.5) is 0 Å². The highest BCUT2D eigenvalue weighted by Gasteiger charge is 2.40. The van der Waals surface area contributed by atoms with Crippen molar-refractivity contribution in [2.24, 2.45) is 5.92 Å². The second-order valence-electron chi connectivity index (χ2n) is 10.8. The summed E-state index contributed by atoms with van der Waals surface area (Å²) in [4.78, 5) is 52.6. The molecule has 2 atom stereocenters. The summed E-state index contributed by atoms with van der Waals surface area (Å²) in [5.41, 5.74) is 3.14. The van der Waals surface area contributed by atoms with Gasteiger partial charge in [-0.05, 0) is 55.3 Å². The van der Waals surface area contributed by atoms with Crippen molar-refractivity contribution in [1.82, 2.24) is 25.1 Å². The predicted molar refractivity (Wildman–Crippen MR) is 161 cm³/mol. The van der Waals surface area contributed by atoms with Crippen LogP contribution in [0.15, 0.2) is 66.2 Å². The molecule has 42 heavy (non-hydrogen) atoms. The normalized spacial score (nSPS) is 19.5. The first kappa shape index (κ1) is 27.8. The van der Waals surface area contributed by atoms with E-state index in [0.717, 1.165) is 27.2 Å². The van der Waals surface area contributed by atoms with Gasteiger partial charge in [0.2, 0.25) is 11.8 Å². The van der Waals surface area contributed by atoms with Crippen LogP contribution in [0.2, 0.25) is 0 Å². The van der Waals surface area contributed by atoms with E-state index in [1.165, 1.54) is 11.3 Å². The number of hydrogen-bond donors (Lipinski definition) is 1. The minimum atomic E-state index is -0.403. The Bertz CT molecular complexity index is 1620. The molecule has 0 unspecified atom stereocenters. The Morgan fingerprint density at radius 1 is 1.05 bits per heavy atom. The van der Waals surface area contributed by atoms with Gasteiger partial charge in [-0.15, -0.1) is 11.3 Å². The van der Waals surface area contributed by atoms with Crippen LogP contribution in [0.25, 0.3) is 10.9 Å². The maximum absolute atomic E-state index is 13.6. The molecule has 0 spiro atoms. The number of aromatic nitrogens is 2. The number of rotatable bonds is 3. The summed E-state index contributed by atoms with van der Waals surface area (Å²) >= 11 is 1.53. The molecule has 1 saturated heterocycles. The van der Waals surface area contributed by atoms with Gasteiger partial charge in [-0.2, -0.15) is 0 Å². The molecule has 2 aromatic carbocycles. The number of hydrogen-bond acceptors (Lipinski definition) is 7. The largest absolute Gasteiger partial charge is 0.492 e. The number of amides is 3. The minimum absolute atomic E-state index is 0.00875. The average Bonchev–Trinajstić information content (AvgIpc) is 3.63. The van der Waals surface area contributed by atoms with Gasteiger partial charge >= 0.3 is 0 Å². The fourth-order valence-corrected chi connectivity index (χ4v) is 6.42. The maximum atomic E-state index is 13.6. The lowest BCUT2D eigenvalue weighted by molar-refractivity contribution is -0.131. The lowest BCUT2D eigenvalue weighted by Gasteiger charge is -2.24. The second kappa shape index (κ2) is 12.3. The summed E-state index contributed by atoms with van der Waals surface area (Å²) in [6.45, 7) is 4.42. The van der Waals surface area contributed by atoms with Crippen molar-refractivity contribution in [3.8, 4) is 5.75 Å². The van der Waals surface area contributed by atoms with Crippen molar-refractivity contribution in [2.75, 3.05) is 39.3 Å². The Hall–Kier alpha value is -4.31. The molecule has 2 bridgehead atoms. The highest BCUT2D eigenvalue weighted by Crippen LogP contribution is 2.35. The average molecular weight is 584 g/mol. The molecule has 4 heterocycles. The van der Waals surface area contributed by atoms with Crippen molar-refractivity contribution < 1.29 is 19.1 Å². The van der Waals surface area contributed by atoms with Crippen LogP contribution in [0.3, 0.4) is 0 Å². The fraction of sp³-hybridized carbons (Fsp3) is 0.344. The number of aryl methyl sites for hydroxylation is 1. The third kappa shape index (κ3) is 6.13. The molecule has 2 aliphatic heterocycles. The quantitative estimate of drug-likeness (QED) is 0.393. The number of ether oxygens (including phenoxy) is 1. The van der Waals surface area contributed by atoms with E-state index in [9.17, 15) is 14.4 Å². The van der Waals surface area contributed by atoms with E-state index >= 15 is 0 Å². The Labute approximate surface area is 248 Å². The molecule has 0 aliphatic carbocycles. The molecule has 1 fully saturated rings. The maximum Gasteiger partial charge on any atom is 0.253 e. The molecule has 6 rings (SSSR count).